The van der Waals surface area contributed by atoms with E-state index >= 15 is 0 Å². The molecule has 8 heteroatoms. The molecular formula is C24H21N5O3. The number of amides is 1. The summed E-state index contributed by atoms with van der Waals surface area (Å²) in [6.07, 6.45) is 1.40. The van der Waals surface area contributed by atoms with Gasteiger partial charge in [-0.3, -0.25) is 4.79 Å². The second kappa shape index (κ2) is 8.40. The molecule has 0 aliphatic carbocycles. The Kier molecular flexibility index (Phi) is 5.48. The number of carbonyl (C=O) groups is 1. The van der Waals surface area contributed by atoms with Crippen molar-refractivity contribution in [3.05, 3.63) is 70.9 Å². The van der Waals surface area contributed by atoms with Crippen molar-refractivity contribution < 1.29 is 14.3 Å². The van der Waals surface area contributed by atoms with E-state index in [2.05, 4.69) is 16.5 Å². The zero-order chi connectivity index (χ0) is 22.8. The minimum absolute atomic E-state index is 0.205. The van der Waals surface area contributed by atoms with Gasteiger partial charge < -0.3 is 14.8 Å². The third-order valence-electron chi connectivity index (χ3n) is 5.23. The molecule has 0 saturated carbocycles. The van der Waals surface area contributed by atoms with Gasteiger partial charge in [-0.15, -0.1) is 0 Å². The fraction of sp³-hybridized carbons (Fsp3) is 0.167. The number of anilines is 1. The maximum atomic E-state index is 13.2. The summed E-state index contributed by atoms with van der Waals surface area (Å²) in [7, 11) is 2.95. The lowest BCUT2D eigenvalue weighted by atomic mass is 10.1. The van der Waals surface area contributed by atoms with Crippen molar-refractivity contribution in [3.63, 3.8) is 0 Å². The Hall–Kier alpha value is -4.38. The first-order valence-corrected chi connectivity index (χ1v) is 9.86. The molecule has 1 amide bonds. The fourth-order valence-corrected chi connectivity index (χ4v) is 3.62. The van der Waals surface area contributed by atoms with E-state index in [1.165, 1.54) is 25.1 Å². The Bertz CT molecular complexity index is 1360. The summed E-state index contributed by atoms with van der Waals surface area (Å²) in [6.45, 7) is 3.97. The molecule has 2 aromatic heterocycles. The minimum atomic E-state index is -0.494. The summed E-state index contributed by atoms with van der Waals surface area (Å²) in [4.78, 5) is 18.0. The van der Waals surface area contributed by atoms with Crippen LogP contribution in [0.1, 0.15) is 27.0 Å². The van der Waals surface area contributed by atoms with E-state index in [0.717, 1.165) is 22.0 Å². The largest absolute Gasteiger partial charge is 0.496 e. The van der Waals surface area contributed by atoms with Crippen LogP contribution in [-0.2, 0) is 0 Å². The average Bonchev–Trinajstić information content (AvgIpc) is 3.21. The molecular weight excluding hydrogens is 406 g/mol. The van der Waals surface area contributed by atoms with E-state index in [0.29, 0.717) is 17.3 Å². The number of nitrogens with one attached hydrogen (secondary N) is 1. The highest BCUT2D eigenvalue weighted by atomic mass is 16.5. The van der Waals surface area contributed by atoms with Crippen molar-refractivity contribution in [2.75, 3.05) is 19.5 Å². The monoisotopic (exact) mass is 427 g/mol. The van der Waals surface area contributed by atoms with Gasteiger partial charge in [0.05, 0.1) is 25.9 Å². The Labute approximate surface area is 185 Å². The van der Waals surface area contributed by atoms with Crippen LogP contribution >= 0.6 is 0 Å². The number of hydrogen-bond acceptors (Lipinski definition) is 6. The van der Waals surface area contributed by atoms with Crippen LogP contribution in [0.15, 0.2) is 48.7 Å². The van der Waals surface area contributed by atoms with E-state index < -0.39 is 5.91 Å². The number of aromatic nitrogens is 3. The number of benzene rings is 2. The third-order valence-corrected chi connectivity index (χ3v) is 5.23. The first-order valence-electron chi connectivity index (χ1n) is 9.86. The van der Waals surface area contributed by atoms with Crippen LogP contribution in [0, 0.1) is 25.2 Å². The molecule has 2 aromatic carbocycles. The number of fused-ring (bicyclic) bond motifs is 1. The molecule has 0 radical (unpaired) electrons. The number of aryl methyl sites for hydroxylation is 2. The summed E-state index contributed by atoms with van der Waals surface area (Å²) in [5.41, 5.74) is 3.28. The molecule has 0 aliphatic heterocycles. The smallest absolute Gasteiger partial charge is 0.264 e. The Morgan fingerprint density at radius 3 is 2.41 bits per heavy atom. The molecule has 0 bridgehead atoms. The number of carbonyl (C=O) groups excluding carboxylic acids is 1. The molecule has 0 atom stereocenters. The van der Waals surface area contributed by atoms with Gasteiger partial charge >= 0.3 is 0 Å². The quantitative estimate of drug-likeness (QED) is 0.513. The number of pyridine rings is 1. The van der Waals surface area contributed by atoms with Crippen LogP contribution in [0.2, 0.25) is 0 Å². The molecule has 2 heterocycles. The van der Waals surface area contributed by atoms with Crippen molar-refractivity contribution in [1.29, 1.82) is 5.26 Å². The minimum Gasteiger partial charge on any atom is -0.496 e. The van der Waals surface area contributed by atoms with Crippen LogP contribution < -0.4 is 14.8 Å². The van der Waals surface area contributed by atoms with Crippen LogP contribution in [0.5, 0.6) is 11.5 Å². The van der Waals surface area contributed by atoms with Gasteiger partial charge in [-0.05, 0) is 43.2 Å². The predicted octanol–water partition coefficient (Wildman–Crippen LogP) is 4.18. The second-order valence-electron chi connectivity index (χ2n) is 7.19. The lowest BCUT2D eigenvalue weighted by Gasteiger charge is -2.15. The molecule has 1 N–H and O–H groups in total. The van der Waals surface area contributed by atoms with Gasteiger partial charge in [0, 0.05) is 5.39 Å². The van der Waals surface area contributed by atoms with Gasteiger partial charge in [-0.25, -0.2) is 4.98 Å². The molecule has 8 nitrogen and oxygen atoms in total. The highest BCUT2D eigenvalue weighted by Crippen LogP contribution is 2.30. The zero-order valence-electron chi connectivity index (χ0n) is 18.1. The van der Waals surface area contributed by atoms with E-state index in [4.69, 9.17) is 14.5 Å². The summed E-state index contributed by atoms with van der Waals surface area (Å²) >= 11 is 0. The molecule has 4 rings (SSSR count). The van der Waals surface area contributed by atoms with Crippen molar-refractivity contribution in [2.45, 2.75) is 13.8 Å². The van der Waals surface area contributed by atoms with Crippen LogP contribution in [0.25, 0.3) is 16.7 Å². The SMILES string of the molecule is COc1cccc(OC)c1C(=O)Nc1c(C#N)cnn1-c1cc(C)c2cccc(C)c2n1. The number of hydrogen-bond donors (Lipinski definition) is 1. The van der Waals surface area contributed by atoms with E-state index in [1.54, 1.807) is 18.2 Å². The molecule has 0 fully saturated rings. The Balaban J connectivity index is 1.83. The van der Waals surface area contributed by atoms with Crippen LogP contribution in [0.4, 0.5) is 5.82 Å². The molecule has 0 aliphatic rings. The maximum absolute atomic E-state index is 13.2. The Morgan fingerprint density at radius 2 is 1.75 bits per heavy atom. The van der Waals surface area contributed by atoms with E-state index in [1.807, 2.05) is 38.1 Å². The van der Waals surface area contributed by atoms with Crippen molar-refractivity contribution in [2.24, 2.45) is 0 Å². The van der Waals surface area contributed by atoms with Crippen molar-refractivity contribution >= 4 is 22.6 Å². The number of nitrogens with zero attached hydrogens (tertiary/aromatic N) is 4. The fourth-order valence-electron chi connectivity index (χ4n) is 3.62. The normalized spacial score (nSPS) is 10.6. The summed E-state index contributed by atoms with van der Waals surface area (Å²) < 4.78 is 12.1. The number of methoxy groups -OCH3 is 2. The molecule has 160 valence electrons. The topological polar surface area (TPSA) is 102 Å². The Morgan fingerprint density at radius 1 is 1.06 bits per heavy atom. The van der Waals surface area contributed by atoms with Gasteiger partial charge in [0.15, 0.2) is 11.6 Å². The number of rotatable bonds is 5. The highest BCUT2D eigenvalue weighted by molar-refractivity contribution is 6.08. The molecule has 0 spiro atoms. The lowest BCUT2D eigenvalue weighted by molar-refractivity contribution is 0.102. The predicted molar refractivity (Wildman–Crippen MR) is 121 cm³/mol. The van der Waals surface area contributed by atoms with Crippen molar-refractivity contribution in [3.8, 4) is 23.4 Å². The summed E-state index contributed by atoms with van der Waals surface area (Å²) in [5.74, 6) is 0.910. The molecule has 0 unspecified atom stereocenters. The maximum Gasteiger partial charge on any atom is 0.264 e. The average molecular weight is 427 g/mol. The van der Waals surface area contributed by atoms with E-state index in [-0.39, 0.29) is 16.9 Å². The number of ether oxygens (including phenoxy) is 2. The molecule has 4 aromatic rings. The van der Waals surface area contributed by atoms with Crippen LogP contribution in [-0.4, -0.2) is 34.9 Å². The van der Waals surface area contributed by atoms with Gasteiger partial charge in [0.25, 0.3) is 5.91 Å². The summed E-state index contributed by atoms with van der Waals surface area (Å²) in [5, 5.41) is 17.8. The standard InChI is InChI=1S/C24H21N5O3/c1-14-7-5-8-17-15(2)11-20(27-22(14)17)29-23(16(12-25)13-26-29)28-24(30)21-18(31-3)9-6-10-19(21)32-4/h5-11,13H,1-4H3,(H,28,30). The number of para-hydroxylation sites is 1. The van der Waals surface area contributed by atoms with Gasteiger partial charge in [-0.2, -0.15) is 15.0 Å². The third kappa shape index (κ3) is 3.50. The van der Waals surface area contributed by atoms with Gasteiger partial charge in [0.2, 0.25) is 0 Å². The lowest BCUT2D eigenvalue weighted by Crippen LogP contribution is -2.18. The zero-order valence-corrected chi connectivity index (χ0v) is 18.1. The van der Waals surface area contributed by atoms with E-state index in [9.17, 15) is 10.1 Å². The molecule has 0 saturated heterocycles. The second-order valence-corrected chi connectivity index (χ2v) is 7.19. The first kappa shape index (κ1) is 20.9. The first-order chi connectivity index (χ1) is 15.5. The van der Waals surface area contributed by atoms with Gasteiger partial charge in [0.1, 0.15) is 28.7 Å². The van der Waals surface area contributed by atoms with Gasteiger partial charge in [-0.1, -0.05) is 24.3 Å². The highest BCUT2D eigenvalue weighted by Gasteiger charge is 2.23. The van der Waals surface area contributed by atoms with Crippen molar-refractivity contribution in [1.82, 2.24) is 14.8 Å². The summed E-state index contributed by atoms with van der Waals surface area (Å²) in [6, 6.07) is 15.0. The molecule has 32 heavy (non-hydrogen) atoms. The van der Waals surface area contributed by atoms with Crippen LogP contribution in [0.3, 0.4) is 0 Å². The number of nitriles is 1.